The van der Waals surface area contributed by atoms with Crippen molar-refractivity contribution in [2.24, 2.45) is 0 Å². The monoisotopic (exact) mass is 499 g/mol. The van der Waals surface area contributed by atoms with Gasteiger partial charge in [0.15, 0.2) is 0 Å². The molecule has 38 heavy (non-hydrogen) atoms. The summed E-state index contributed by atoms with van der Waals surface area (Å²) in [4.78, 5) is 22.5. The predicted molar refractivity (Wildman–Crippen MR) is 154 cm³/mol. The number of aryl methyl sites for hydroxylation is 1. The molecular weight excluding hydrogens is 470 g/mol. The number of carbonyl (C=O) groups excluding carboxylic acids is 1. The zero-order valence-electron chi connectivity index (χ0n) is 21.2. The Kier molecular flexibility index (Phi) is 6.54. The molecule has 6 nitrogen and oxygen atoms in total. The predicted octanol–water partition coefficient (Wildman–Crippen LogP) is 6.85. The van der Waals surface area contributed by atoms with Gasteiger partial charge in [0.1, 0.15) is 0 Å². The number of aromatic nitrogens is 2. The van der Waals surface area contributed by atoms with Gasteiger partial charge in [-0.25, -0.2) is 9.97 Å². The Morgan fingerprint density at radius 1 is 0.868 bits per heavy atom. The minimum absolute atomic E-state index is 0.139. The Balaban J connectivity index is 1.18. The van der Waals surface area contributed by atoms with Gasteiger partial charge in [-0.2, -0.15) is 0 Å². The van der Waals surface area contributed by atoms with Crippen molar-refractivity contribution < 1.29 is 4.79 Å². The normalized spacial score (nSPS) is 12.9. The topological polar surface area (TPSA) is 78.9 Å². The third kappa shape index (κ3) is 5.41. The summed E-state index contributed by atoms with van der Waals surface area (Å²) in [5.74, 6) is 0.368. The van der Waals surface area contributed by atoms with Gasteiger partial charge >= 0.3 is 0 Å². The van der Waals surface area contributed by atoms with E-state index in [2.05, 4.69) is 34.1 Å². The summed E-state index contributed by atoms with van der Waals surface area (Å²) >= 11 is 0. The maximum Gasteiger partial charge on any atom is 0.255 e. The molecule has 1 amide bonds. The highest BCUT2D eigenvalue weighted by Crippen LogP contribution is 2.28. The molecule has 0 radical (unpaired) electrons. The summed E-state index contributed by atoms with van der Waals surface area (Å²) in [5.41, 5.74) is 7.21. The molecule has 0 saturated heterocycles. The molecule has 1 fully saturated rings. The Bertz CT molecular complexity index is 1590. The van der Waals surface area contributed by atoms with Crippen LogP contribution in [0.1, 0.15) is 34.3 Å². The van der Waals surface area contributed by atoms with Crippen molar-refractivity contribution in [3.8, 4) is 11.3 Å². The zero-order valence-corrected chi connectivity index (χ0v) is 21.2. The first-order chi connectivity index (χ1) is 18.6. The van der Waals surface area contributed by atoms with Crippen molar-refractivity contribution in [2.45, 2.75) is 32.4 Å². The largest absolute Gasteiger partial charge is 0.324 e. The van der Waals surface area contributed by atoms with Crippen LogP contribution in [0, 0.1) is 6.92 Å². The van der Waals surface area contributed by atoms with E-state index in [9.17, 15) is 4.79 Å². The van der Waals surface area contributed by atoms with Gasteiger partial charge in [0.25, 0.3) is 5.91 Å². The Labute approximate surface area is 222 Å². The molecule has 1 aliphatic carbocycles. The highest BCUT2D eigenvalue weighted by molar-refractivity contribution is 6.05. The van der Waals surface area contributed by atoms with E-state index in [1.54, 1.807) is 0 Å². The number of fused-ring (bicyclic) bond motifs is 1. The Hall–Kier alpha value is -4.55. The molecule has 0 aliphatic heterocycles. The van der Waals surface area contributed by atoms with Gasteiger partial charge in [0, 0.05) is 40.5 Å². The van der Waals surface area contributed by atoms with E-state index in [4.69, 9.17) is 9.97 Å². The molecular formula is C32H29N5O. The minimum atomic E-state index is -0.139. The van der Waals surface area contributed by atoms with Crippen LogP contribution in [0.2, 0.25) is 0 Å². The van der Waals surface area contributed by atoms with E-state index < -0.39 is 0 Å². The fourth-order valence-electron chi connectivity index (χ4n) is 4.44. The molecule has 4 aromatic carbocycles. The first-order valence-corrected chi connectivity index (χ1v) is 13.0. The van der Waals surface area contributed by atoms with Gasteiger partial charge in [-0.05, 0) is 67.3 Å². The molecule has 1 aromatic heterocycles. The quantitative estimate of drug-likeness (QED) is 0.218. The summed E-state index contributed by atoms with van der Waals surface area (Å²) in [5, 5.41) is 10.9. The highest BCUT2D eigenvalue weighted by atomic mass is 16.1. The van der Waals surface area contributed by atoms with E-state index in [0.717, 1.165) is 45.6 Å². The summed E-state index contributed by atoms with van der Waals surface area (Å²) in [6, 6.07) is 32.3. The number of nitrogens with zero attached hydrogens (tertiary/aromatic N) is 2. The van der Waals surface area contributed by atoms with E-state index in [1.165, 1.54) is 18.4 Å². The summed E-state index contributed by atoms with van der Waals surface area (Å²) in [6.07, 6.45) is 2.50. The van der Waals surface area contributed by atoms with Crippen LogP contribution in [-0.2, 0) is 6.54 Å². The number of carbonyl (C=O) groups is 1. The van der Waals surface area contributed by atoms with E-state index in [0.29, 0.717) is 17.6 Å². The summed E-state index contributed by atoms with van der Waals surface area (Å²) in [6.45, 7) is 2.82. The fourth-order valence-corrected chi connectivity index (χ4v) is 4.44. The van der Waals surface area contributed by atoms with Crippen LogP contribution in [0.15, 0.2) is 97.1 Å². The molecule has 0 unspecified atom stereocenters. The smallest absolute Gasteiger partial charge is 0.255 e. The average molecular weight is 500 g/mol. The van der Waals surface area contributed by atoms with Gasteiger partial charge in [0.05, 0.1) is 11.2 Å². The molecule has 0 bridgehead atoms. The lowest BCUT2D eigenvalue weighted by molar-refractivity contribution is 0.102. The van der Waals surface area contributed by atoms with Crippen LogP contribution in [0.4, 0.5) is 17.3 Å². The van der Waals surface area contributed by atoms with E-state index in [-0.39, 0.29) is 5.91 Å². The molecule has 1 saturated carbocycles. The number of nitrogens with one attached hydrogen (secondary N) is 3. The second kappa shape index (κ2) is 10.4. The molecule has 1 aliphatic rings. The van der Waals surface area contributed by atoms with Gasteiger partial charge in [0.2, 0.25) is 5.95 Å². The summed E-state index contributed by atoms with van der Waals surface area (Å²) in [7, 11) is 0. The Morgan fingerprint density at radius 3 is 2.42 bits per heavy atom. The number of para-hydroxylation sites is 1. The lowest BCUT2D eigenvalue weighted by atomic mass is 10.1. The van der Waals surface area contributed by atoms with E-state index in [1.807, 2.05) is 85.8 Å². The minimum Gasteiger partial charge on any atom is -0.324 e. The van der Waals surface area contributed by atoms with Crippen LogP contribution in [0.3, 0.4) is 0 Å². The summed E-state index contributed by atoms with van der Waals surface area (Å²) < 4.78 is 0. The van der Waals surface area contributed by atoms with Crippen LogP contribution in [0.5, 0.6) is 0 Å². The van der Waals surface area contributed by atoms with Crippen LogP contribution in [-0.4, -0.2) is 21.9 Å². The number of hydrogen-bond donors (Lipinski definition) is 3. The van der Waals surface area contributed by atoms with Crippen molar-refractivity contribution >= 4 is 34.1 Å². The Morgan fingerprint density at radius 2 is 1.63 bits per heavy atom. The third-order valence-corrected chi connectivity index (χ3v) is 6.78. The molecule has 0 atom stereocenters. The second-order valence-electron chi connectivity index (χ2n) is 9.74. The van der Waals surface area contributed by atoms with Gasteiger partial charge in [-0.1, -0.05) is 60.7 Å². The van der Waals surface area contributed by atoms with Gasteiger partial charge < -0.3 is 16.0 Å². The van der Waals surface area contributed by atoms with Crippen molar-refractivity contribution in [1.29, 1.82) is 0 Å². The number of benzene rings is 4. The number of anilines is 3. The lowest BCUT2D eigenvalue weighted by Crippen LogP contribution is -2.16. The van der Waals surface area contributed by atoms with Crippen molar-refractivity contribution in [1.82, 2.24) is 15.3 Å². The highest BCUT2D eigenvalue weighted by Gasteiger charge is 2.20. The fraction of sp³-hybridized carbons (Fsp3) is 0.156. The molecule has 6 heteroatoms. The number of hydrogen-bond acceptors (Lipinski definition) is 5. The molecule has 188 valence electrons. The second-order valence-corrected chi connectivity index (χ2v) is 9.74. The SMILES string of the molecule is Cc1ccc(CNC2CC2)cc1NC(=O)c1ccc(Nc2nc(-c3ccccc3)c3ccccc3n2)cc1. The standard InChI is InChI=1S/C32H29N5O/c1-21-11-12-22(20-33-25-17-18-25)19-29(21)35-31(38)24-13-15-26(16-14-24)34-32-36-28-10-6-5-9-27(28)30(37-32)23-7-3-2-4-8-23/h2-16,19,25,33H,17-18,20H2,1H3,(H,35,38)(H,34,36,37). The number of rotatable bonds is 8. The van der Waals surface area contributed by atoms with Crippen molar-refractivity contribution in [3.63, 3.8) is 0 Å². The maximum atomic E-state index is 13.0. The first kappa shape index (κ1) is 23.8. The number of amides is 1. The first-order valence-electron chi connectivity index (χ1n) is 13.0. The van der Waals surface area contributed by atoms with E-state index >= 15 is 0 Å². The zero-order chi connectivity index (χ0) is 25.9. The third-order valence-electron chi connectivity index (χ3n) is 6.78. The van der Waals surface area contributed by atoms with Crippen LogP contribution in [0.25, 0.3) is 22.2 Å². The average Bonchev–Trinajstić information content (AvgIpc) is 3.78. The van der Waals surface area contributed by atoms with Gasteiger partial charge in [-0.15, -0.1) is 0 Å². The van der Waals surface area contributed by atoms with Crippen molar-refractivity contribution in [3.05, 3.63) is 114 Å². The molecule has 0 spiro atoms. The van der Waals surface area contributed by atoms with Crippen LogP contribution >= 0.6 is 0 Å². The molecule has 1 heterocycles. The maximum absolute atomic E-state index is 13.0. The van der Waals surface area contributed by atoms with Gasteiger partial charge in [-0.3, -0.25) is 4.79 Å². The molecule has 6 rings (SSSR count). The lowest BCUT2D eigenvalue weighted by Gasteiger charge is -2.12. The van der Waals surface area contributed by atoms with Crippen molar-refractivity contribution in [2.75, 3.05) is 10.6 Å². The molecule has 3 N–H and O–H groups in total. The molecule has 5 aromatic rings. The van der Waals surface area contributed by atoms with Crippen LogP contribution < -0.4 is 16.0 Å².